The number of methoxy groups -OCH3 is 1. The number of rotatable bonds is 3. The Morgan fingerprint density at radius 1 is 1.20 bits per heavy atom. The third kappa shape index (κ3) is 2.72. The van der Waals surface area contributed by atoms with Crippen LogP contribution in [0.4, 0.5) is 4.39 Å². The van der Waals surface area contributed by atoms with E-state index in [1.807, 2.05) is 26.0 Å². The lowest BCUT2D eigenvalue weighted by atomic mass is 9.95. The van der Waals surface area contributed by atoms with Gasteiger partial charge in [0.05, 0.1) is 12.7 Å². The topological polar surface area (TPSA) is 29.5 Å². The molecule has 20 heavy (non-hydrogen) atoms. The lowest BCUT2D eigenvalue weighted by molar-refractivity contribution is 0.208. The highest BCUT2D eigenvalue weighted by atomic mass is 79.9. The first-order valence-electron chi connectivity index (χ1n) is 6.22. The summed E-state index contributed by atoms with van der Waals surface area (Å²) in [6.45, 7) is 3.81. The first-order chi connectivity index (χ1) is 9.45. The molecule has 1 N–H and O–H groups in total. The van der Waals surface area contributed by atoms with Gasteiger partial charge < -0.3 is 9.84 Å². The Kier molecular flexibility index (Phi) is 4.45. The average molecular weight is 339 g/mol. The molecule has 0 aliphatic heterocycles. The van der Waals surface area contributed by atoms with Gasteiger partial charge in [-0.15, -0.1) is 0 Å². The summed E-state index contributed by atoms with van der Waals surface area (Å²) >= 11 is 3.45. The third-order valence-electron chi connectivity index (χ3n) is 3.35. The summed E-state index contributed by atoms with van der Waals surface area (Å²) in [7, 11) is 1.46. The van der Waals surface area contributed by atoms with E-state index in [0.29, 0.717) is 11.3 Å². The molecule has 0 amide bonds. The van der Waals surface area contributed by atoms with Crippen LogP contribution in [0.15, 0.2) is 34.8 Å². The second-order valence-corrected chi connectivity index (χ2v) is 5.57. The quantitative estimate of drug-likeness (QED) is 0.904. The fourth-order valence-electron chi connectivity index (χ4n) is 2.21. The van der Waals surface area contributed by atoms with Crippen LogP contribution in [0, 0.1) is 19.7 Å². The number of benzene rings is 2. The average Bonchev–Trinajstić information content (AvgIpc) is 2.41. The molecule has 1 atom stereocenters. The molecule has 2 aromatic rings. The molecule has 0 fully saturated rings. The third-order valence-corrected chi connectivity index (χ3v) is 4.20. The largest absolute Gasteiger partial charge is 0.496 e. The van der Waals surface area contributed by atoms with Gasteiger partial charge in [0.2, 0.25) is 0 Å². The van der Waals surface area contributed by atoms with Crippen LogP contribution in [0.3, 0.4) is 0 Å². The van der Waals surface area contributed by atoms with Crippen molar-refractivity contribution in [2.75, 3.05) is 7.11 Å². The number of halogens is 2. The van der Waals surface area contributed by atoms with Crippen molar-refractivity contribution in [2.24, 2.45) is 0 Å². The van der Waals surface area contributed by atoms with Gasteiger partial charge in [-0.25, -0.2) is 4.39 Å². The summed E-state index contributed by atoms with van der Waals surface area (Å²) < 4.78 is 20.2. The Morgan fingerprint density at radius 2 is 1.90 bits per heavy atom. The predicted octanol–water partition coefficient (Wildman–Crippen LogP) is 4.30. The molecule has 0 bridgehead atoms. The second kappa shape index (κ2) is 5.94. The number of hydrogen-bond acceptors (Lipinski definition) is 2. The SMILES string of the molecule is COc1cccc(F)c1C(O)c1cc(C)c(Br)cc1C. The van der Waals surface area contributed by atoms with E-state index in [9.17, 15) is 9.50 Å². The lowest BCUT2D eigenvalue weighted by Gasteiger charge is -2.19. The van der Waals surface area contributed by atoms with Gasteiger partial charge in [-0.1, -0.05) is 28.1 Å². The van der Waals surface area contributed by atoms with Crippen LogP contribution in [-0.2, 0) is 0 Å². The number of ether oxygens (including phenoxy) is 1. The standard InChI is InChI=1S/C16H16BrFO2/c1-9-8-12(17)10(2)7-11(9)16(19)15-13(18)5-4-6-14(15)20-3/h4-8,16,19H,1-3H3. The number of aliphatic hydroxyl groups excluding tert-OH is 1. The normalized spacial score (nSPS) is 12.3. The van der Waals surface area contributed by atoms with Crippen LogP contribution in [0.1, 0.15) is 28.4 Å². The summed E-state index contributed by atoms with van der Waals surface area (Å²) in [4.78, 5) is 0. The summed E-state index contributed by atoms with van der Waals surface area (Å²) in [6.07, 6.45) is -1.06. The van der Waals surface area contributed by atoms with Crippen molar-refractivity contribution in [2.45, 2.75) is 20.0 Å². The minimum atomic E-state index is -1.06. The van der Waals surface area contributed by atoms with Gasteiger partial charge in [0, 0.05) is 4.47 Å². The second-order valence-electron chi connectivity index (χ2n) is 4.72. The molecule has 4 heteroatoms. The van der Waals surface area contributed by atoms with Crippen LogP contribution >= 0.6 is 15.9 Å². The van der Waals surface area contributed by atoms with E-state index in [0.717, 1.165) is 15.6 Å². The molecule has 1 unspecified atom stereocenters. The molecule has 2 nitrogen and oxygen atoms in total. The van der Waals surface area contributed by atoms with Crippen LogP contribution in [0.5, 0.6) is 5.75 Å². The van der Waals surface area contributed by atoms with Crippen LogP contribution in [-0.4, -0.2) is 12.2 Å². The highest BCUT2D eigenvalue weighted by Crippen LogP contribution is 2.35. The van der Waals surface area contributed by atoms with Crippen LogP contribution in [0.2, 0.25) is 0 Å². The van der Waals surface area contributed by atoms with E-state index in [4.69, 9.17) is 4.74 Å². The number of aliphatic hydroxyl groups is 1. The molecule has 106 valence electrons. The van der Waals surface area contributed by atoms with E-state index in [1.165, 1.54) is 13.2 Å². The van der Waals surface area contributed by atoms with Gasteiger partial charge in [0.1, 0.15) is 17.7 Å². The van der Waals surface area contributed by atoms with E-state index in [2.05, 4.69) is 15.9 Å². The summed E-state index contributed by atoms with van der Waals surface area (Å²) in [5.41, 5.74) is 2.72. The first-order valence-corrected chi connectivity index (χ1v) is 7.02. The monoisotopic (exact) mass is 338 g/mol. The smallest absolute Gasteiger partial charge is 0.133 e. The molecular formula is C16H16BrFO2. The fourth-order valence-corrected chi connectivity index (χ4v) is 2.67. The highest BCUT2D eigenvalue weighted by Gasteiger charge is 2.21. The maximum absolute atomic E-state index is 14.0. The molecule has 2 aromatic carbocycles. The molecule has 0 heterocycles. The molecule has 0 aliphatic carbocycles. The van der Waals surface area contributed by atoms with E-state index in [1.54, 1.807) is 12.1 Å². The lowest BCUT2D eigenvalue weighted by Crippen LogP contribution is -2.07. The van der Waals surface area contributed by atoms with Crippen molar-refractivity contribution in [1.82, 2.24) is 0 Å². The zero-order valence-corrected chi connectivity index (χ0v) is 13.2. The summed E-state index contributed by atoms with van der Waals surface area (Å²) in [6, 6.07) is 8.30. The minimum absolute atomic E-state index is 0.167. The Hall–Kier alpha value is -1.39. The van der Waals surface area contributed by atoms with Gasteiger partial charge in [0.15, 0.2) is 0 Å². The molecule has 2 rings (SSSR count). The van der Waals surface area contributed by atoms with Crippen LogP contribution < -0.4 is 4.74 Å². The molecule has 0 aliphatic rings. The van der Waals surface area contributed by atoms with Crippen molar-refractivity contribution >= 4 is 15.9 Å². The van der Waals surface area contributed by atoms with Crippen molar-refractivity contribution < 1.29 is 14.2 Å². The zero-order valence-electron chi connectivity index (χ0n) is 11.6. The van der Waals surface area contributed by atoms with E-state index in [-0.39, 0.29) is 5.56 Å². The molecule has 0 saturated heterocycles. The van der Waals surface area contributed by atoms with Crippen molar-refractivity contribution in [3.63, 3.8) is 0 Å². The molecule has 0 radical (unpaired) electrons. The molecule has 0 spiro atoms. The summed E-state index contributed by atoms with van der Waals surface area (Å²) in [5, 5.41) is 10.5. The van der Waals surface area contributed by atoms with E-state index < -0.39 is 11.9 Å². The van der Waals surface area contributed by atoms with Gasteiger partial charge in [-0.2, -0.15) is 0 Å². The van der Waals surface area contributed by atoms with Gasteiger partial charge in [-0.3, -0.25) is 0 Å². The predicted molar refractivity (Wildman–Crippen MR) is 80.6 cm³/mol. The Balaban J connectivity index is 2.57. The first kappa shape index (κ1) is 15.0. The summed E-state index contributed by atoms with van der Waals surface area (Å²) in [5.74, 6) is -0.130. The van der Waals surface area contributed by atoms with E-state index >= 15 is 0 Å². The maximum atomic E-state index is 14.0. The maximum Gasteiger partial charge on any atom is 0.133 e. The van der Waals surface area contributed by atoms with Gasteiger partial charge in [0.25, 0.3) is 0 Å². The Bertz CT molecular complexity index is 641. The minimum Gasteiger partial charge on any atom is -0.496 e. The Morgan fingerprint density at radius 3 is 2.55 bits per heavy atom. The van der Waals surface area contributed by atoms with Crippen LogP contribution in [0.25, 0.3) is 0 Å². The van der Waals surface area contributed by atoms with Gasteiger partial charge in [-0.05, 0) is 48.7 Å². The highest BCUT2D eigenvalue weighted by molar-refractivity contribution is 9.10. The number of hydrogen-bond donors (Lipinski definition) is 1. The van der Waals surface area contributed by atoms with Crippen molar-refractivity contribution in [1.29, 1.82) is 0 Å². The van der Waals surface area contributed by atoms with Gasteiger partial charge >= 0.3 is 0 Å². The molecular weight excluding hydrogens is 323 g/mol. The fraction of sp³-hybridized carbons (Fsp3) is 0.250. The molecule has 0 aromatic heterocycles. The van der Waals surface area contributed by atoms with Crippen molar-refractivity contribution in [3.05, 3.63) is 62.9 Å². The molecule has 0 saturated carbocycles. The number of aryl methyl sites for hydroxylation is 2. The van der Waals surface area contributed by atoms with Crippen molar-refractivity contribution in [3.8, 4) is 5.75 Å². The zero-order chi connectivity index (χ0) is 14.9. The Labute approximate surface area is 126 Å².